The Balaban J connectivity index is 2.81. The third-order valence-electron chi connectivity index (χ3n) is 2.51. The minimum absolute atomic E-state index is 0.286. The Morgan fingerprint density at radius 2 is 1.68 bits per heavy atom. The fourth-order valence-electron chi connectivity index (χ4n) is 1.42. The molecule has 0 aromatic carbocycles. The van der Waals surface area contributed by atoms with E-state index in [1.807, 2.05) is 0 Å². The van der Waals surface area contributed by atoms with Gasteiger partial charge in [-0.1, -0.05) is 13.2 Å². The molecule has 1 heterocycles. The predicted octanol–water partition coefficient (Wildman–Crippen LogP) is -0.320. The molecular formula is C12H18N4O3. The number of carbonyl (C=O) groups is 3. The summed E-state index contributed by atoms with van der Waals surface area (Å²) in [5, 5.41) is 7.65. The third-order valence-corrected chi connectivity index (χ3v) is 2.51. The smallest absolute Gasteiger partial charge is 0.320 e. The number of amides is 4. The summed E-state index contributed by atoms with van der Waals surface area (Å²) in [6, 6.07) is -0.353. The van der Waals surface area contributed by atoms with E-state index in [1.165, 1.54) is 18.7 Å². The first-order chi connectivity index (χ1) is 8.82. The number of nitrogens with zero attached hydrogens (tertiary/aromatic N) is 1. The molecule has 19 heavy (non-hydrogen) atoms. The summed E-state index contributed by atoms with van der Waals surface area (Å²) < 4.78 is 0. The number of hydrogen-bond acceptors (Lipinski definition) is 3. The fourth-order valence-corrected chi connectivity index (χ4v) is 1.42. The van der Waals surface area contributed by atoms with Gasteiger partial charge in [0, 0.05) is 24.2 Å². The van der Waals surface area contributed by atoms with Crippen molar-refractivity contribution in [3.63, 3.8) is 0 Å². The van der Waals surface area contributed by atoms with Gasteiger partial charge in [-0.15, -0.1) is 0 Å². The van der Waals surface area contributed by atoms with Crippen LogP contribution in [0.3, 0.4) is 0 Å². The van der Waals surface area contributed by atoms with Gasteiger partial charge < -0.3 is 16.0 Å². The van der Waals surface area contributed by atoms with Crippen LogP contribution in [-0.4, -0.2) is 42.1 Å². The van der Waals surface area contributed by atoms with E-state index in [0.717, 1.165) is 0 Å². The van der Waals surface area contributed by atoms with Crippen LogP contribution in [0.1, 0.15) is 13.8 Å². The van der Waals surface area contributed by atoms with Crippen LogP contribution >= 0.6 is 0 Å². The highest BCUT2D eigenvalue weighted by Crippen LogP contribution is 2.02. The summed E-state index contributed by atoms with van der Waals surface area (Å²) in [6.45, 7) is 10.9. The summed E-state index contributed by atoms with van der Waals surface area (Å²) in [5.74, 6) is -0.876. The molecule has 0 aromatic rings. The summed E-state index contributed by atoms with van der Waals surface area (Å²) in [7, 11) is 0. The summed E-state index contributed by atoms with van der Waals surface area (Å²) in [6.07, 6.45) is -0.920. The fraction of sp³-hybridized carbons (Fsp3) is 0.417. The first-order valence-electron chi connectivity index (χ1n) is 5.80. The molecule has 0 unspecified atom stereocenters. The molecule has 1 aliphatic heterocycles. The monoisotopic (exact) mass is 266 g/mol. The standard InChI is InChI=1S/C12H18N4O3/c1-7(2)9(17)14-11(15-10(18)8(3)4)16-6-5-13-12(16)19/h11H,1,3,5-6H2,2,4H3,(H,13,19)(H,14,17)(H,15,18). The van der Waals surface area contributed by atoms with Gasteiger partial charge in [-0.25, -0.2) is 4.79 Å². The molecule has 1 saturated heterocycles. The van der Waals surface area contributed by atoms with Gasteiger partial charge in [0.1, 0.15) is 0 Å². The molecule has 1 rings (SSSR count). The van der Waals surface area contributed by atoms with Crippen LogP contribution in [0.25, 0.3) is 0 Å². The van der Waals surface area contributed by atoms with Crippen molar-refractivity contribution in [2.24, 2.45) is 0 Å². The minimum Gasteiger partial charge on any atom is -0.336 e. The van der Waals surface area contributed by atoms with Crippen LogP contribution < -0.4 is 16.0 Å². The van der Waals surface area contributed by atoms with Gasteiger partial charge >= 0.3 is 6.03 Å². The molecule has 0 radical (unpaired) electrons. The van der Waals surface area contributed by atoms with Gasteiger partial charge in [-0.3, -0.25) is 14.5 Å². The van der Waals surface area contributed by atoms with Crippen LogP contribution in [0, 0.1) is 0 Å². The molecule has 7 nitrogen and oxygen atoms in total. The second-order valence-corrected chi connectivity index (χ2v) is 4.34. The number of urea groups is 1. The van der Waals surface area contributed by atoms with Crippen molar-refractivity contribution >= 4 is 17.8 Å². The van der Waals surface area contributed by atoms with Crippen molar-refractivity contribution in [2.45, 2.75) is 20.1 Å². The molecular weight excluding hydrogens is 248 g/mol. The SMILES string of the molecule is C=C(C)C(=O)NC(NC(=O)C(=C)C)N1CCNC1=O. The van der Waals surface area contributed by atoms with Gasteiger partial charge in [0.05, 0.1) is 0 Å². The molecule has 1 fully saturated rings. The van der Waals surface area contributed by atoms with Crippen LogP contribution in [0.5, 0.6) is 0 Å². The largest absolute Gasteiger partial charge is 0.336 e. The van der Waals surface area contributed by atoms with E-state index in [1.54, 1.807) is 0 Å². The molecule has 104 valence electrons. The molecule has 0 bridgehead atoms. The lowest BCUT2D eigenvalue weighted by Crippen LogP contribution is -2.59. The molecule has 0 aliphatic carbocycles. The van der Waals surface area contributed by atoms with Crippen molar-refractivity contribution < 1.29 is 14.4 Å². The van der Waals surface area contributed by atoms with E-state index >= 15 is 0 Å². The zero-order valence-corrected chi connectivity index (χ0v) is 11.1. The number of carbonyl (C=O) groups excluding carboxylic acids is 3. The van der Waals surface area contributed by atoms with Gasteiger partial charge in [-0.2, -0.15) is 0 Å². The molecule has 3 N–H and O–H groups in total. The lowest BCUT2D eigenvalue weighted by atomic mass is 10.3. The number of nitrogens with one attached hydrogen (secondary N) is 3. The second kappa shape index (κ2) is 6.03. The van der Waals surface area contributed by atoms with E-state index in [9.17, 15) is 14.4 Å². The summed E-state index contributed by atoms with van der Waals surface area (Å²) in [4.78, 5) is 36.2. The van der Waals surface area contributed by atoms with Crippen LogP contribution in [-0.2, 0) is 9.59 Å². The van der Waals surface area contributed by atoms with Crippen LogP contribution in [0.4, 0.5) is 4.79 Å². The maximum Gasteiger partial charge on any atom is 0.320 e. The Bertz CT molecular complexity index is 416. The first-order valence-corrected chi connectivity index (χ1v) is 5.80. The minimum atomic E-state index is -0.920. The van der Waals surface area contributed by atoms with E-state index in [0.29, 0.717) is 13.1 Å². The average molecular weight is 266 g/mol. The molecule has 0 aromatic heterocycles. The van der Waals surface area contributed by atoms with Gasteiger partial charge in [0.15, 0.2) is 6.29 Å². The van der Waals surface area contributed by atoms with Crippen molar-refractivity contribution in [3.8, 4) is 0 Å². The quantitative estimate of drug-likeness (QED) is 0.470. The Labute approximate surface area is 111 Å². The Morgan fingerprint density at radius 3 is 2.00 bits per heavy atom. The topological polar surface area (TPSA) is 90.5 Å². The maximum absolute atomic E-state index is 11.6. The van der Waals surface area contributed by atoms with E-state index in [4.69, 9.17) is 0 Å². The zero-order valence-electron chi connectivity index (χ0n) is 11.1. The van der Waals surface area contributed by atoms with Crippen LogP contribution in [0.2, 0.25) is 0 Å². The summed E-state index contributed by atoms with van der Waals surface area (Å²) in [5.41, 5.74) is 0.573. The van der Waals surface area contributed by atoms with Crippen molar-refractivity contribution in [1.82, 2.24) is 20.9 Å². The van der Waals surface area contributed by atoms with Gasteiger partial charge in [0.25, 0.3) is 0 Å². The van der Waals surface area contributed by atoms with E-state index in [-0.39, 0.29) is 17.2 Å². The highest BCUT2D eigenvalue weighted by Gasteiger charge is 2.30. The van der Waals surface area contributed by atoms with E-state index < -0.39 is 18.1 Å². The molecule has 0 spiro atoms. The normalized spacial score (nSPS) is 14.1. The summed E-state index contributed by atoms with van der Waals surface area (Å²) >= 11 is 0. The van der Waals surface area contributed by atoms with Crippen molar-refractivity contribution in [1.29, 1.82) is 0 Å². The Kier molecular flexibility index (Phi) is 4.68. The predicted molar refractivity (Wildman–Crippen MR) is 69.8 cm³/mol. The Morgan fingerprint density at radius 1 is 1.21 bits per heavy atom. The second-order valence-electron chi connectivity index (χ2n) is 4.34. The number of hydrogen-bond donors (Lipinski definition) is 3. The van der Waals surface area contributed by atoms with Crippen molar-refractivity contribution in [2.75, 3.05) is 13.1 Å². The highest BCUT2D eigenvalue weighted by molar-refractivity contribution is 5.95. The van der Waals surface area contributed by atoms with Gasteiger partial charge in [-0.05, 0) is 13.8 Å². The molecule has 1 aliphatic rings. The zero-order chi connectivity index (χ0) is 14.6. The lowest BCUT2D eigenvalue weighted by molar-refractivity contribution is -0.122. The average Bonchev–Trinajstić information content (AvgIpc) is 2.73. The number of rotatable bonds is 5. The third kappa shape index (κ3) is 3.84. The lowest BCUT2D eigenvalue weighted by Gasteiger charge is -2.28. The molecule has 0 saturated carbocycles. The first kappa shape index (κ1) is 14.7. The van der Waals surface area contributed by atoms with Gasteiger partial charge in [0.2, 0.25) is 11.8 Å². The molecule has 7 heteroatoms. The van der Waals surface area contributed by atoms with Crippen LogP contribution in [0.15, 0.2) is 24.3 Å². The van der Waals surface area contributed by atoms with E-state index in [2.05, 4.69) is 29.1 Å². The Hall–Kier alpha value is -2.31. The maximum atomic E-state index is 11.6. The molecule has 0 atom stereocenters. The molecule has 4 amide bonds. The van der Waals surface area contributed by atoms with Crippen molar-refractivity contribution in [3.05, 3.63) is 24.3 Å². The highest BCUT2D eigenvalue weighted by atomic mass is 16.2.